The minimum atomic E-state index is -5.97. The zero-order chi connectivity index (χ0) is 29.0. The quantitative estimate of drug-likeness (QED) is 0.114. The molecule has 1 N–H and O–H groups in total. The van der Waals surface area contributed by atoms with Crippen LogP contribution < -0.4 is 0 Å². The van der Waals surface area contributed by atoms with E-state index in [4.69, 9.17) is 17.5 Å². The summed E-state index contributed by atoms with van der Waals surface area (Å²) >= 11 is 0. The van der Waals surface area contributed by atoms with Crippen molar-refractivity contribution in [2.45, 2.75) is 89.2 Å². The monoisotopic (exact) mass is 602 g/mol. The van der Waals surface area contributed by atoms with Crippen LogP contribution >= 0.6 is 0 Å². The molecule has 17 heteroatoms. The molecule has 7 nitrogen and oxygen atoms in total. The molecule has 0 spiro atoms. The van der Waals surface area contributed by atoms with E-state index in [0.717, 1.165) is 0 Å². The largest absolute Gasteiger partial charge is 0.478 e. The third kappa shape index (κ3) is 11.2. The summed E-state index contributed by atoms with van der Waals surface area (Å²) in [7, 11) is -12.7. The van der Waals surface area contributed by atoms with Crippen molar-refractivity contribution in [2.24, 2.45) is 0 Å². The SMILES string of the molecule is C[Si](C)(C)O[Si](C)(O[Si](C)(C)C)O[Si](C)(C)C(CCOC(=O)C=CC(=O)O)C(F)(C(F)F)C(F)(F)F. The zero-order valence-corrected chi connectivity index (χ0v) is 25.9. The number of ether oxygens (including phenoxy) is 1. The van der Waals surface area contributed by atoms with Crippen LogP contribution in [-0.2, 0) is 26.7 Å². The maximum absolute atomic E-state index is 15.4. The minimum absolute atomic E-state index is 0.425. The van der Waals surface area contributed by atoms with E-state index in [0.29, 0.717) is 12.2 Å². The van der Waals surface area contributed by atoms with Crippen molar-refractivity contribution in [3.05, 3.63) is 12.2 Å². The second-order valence-corrected chi connectivity index (χ2v) is 27.3. The highest BCUT2D eigenvalue weighted by atomic mass is 28.5. The molecule has 2 atom stereocenters. The average molecular weight is 603 g/mol. The molecule has 0 fully saturated rings. The Morgan fingerprint density at radius 2 is 1.28 bits per heavy atom. The van der Waals surface area contributed by atoms with Crippen molar-refractivity contribution < 1.29 is 58.1 Å². The van der Waals surface area contributed by atoms with Crippen LogP contribution in [0.4, 0.5) is 26.3 Å². The molecule has 0 bridgehead atoms. The zero-order valence-electron chi connectivity index (χ0n) is 21.9. The van der Waals surface area contributed by atoms with E-state index in [1.54, 1.807) is 39.3 Å². The second kappa shape index (κ2) is 12.2. The number of carbonyl (C=O) groups is 2. The molecule has 0 aliphatic carbocycles. The van der Waals surface area contributed by atoms with Crippen LogP contribution in [0, 0.1) is 0 Å². The summed E-state index contributed by atoms with van der Waals surface area (Å²) in [4.78, 5) is 22.1. The van der Waals surface area contributed by atoms with Gasteiger partial charge >= 0.3 is 26.9 Å². The summed E-state index contributed by atoms with van der Waals surface area (Å²) in [5, 5.41) is 8.53. The van der Waals surface area contributed by atoms with E-state index in [1.165, 1.54) is 19.6 Å². The Morgan fingerprint density at radius 1 is 0.833 bits per heavy atom. The summed E-state index contributed by atoms with van der Waals surface area (Å²) in [5.74, 6) is -2.73. The number of esters is 1. The number of carboxylic acid groups (broad SMARTS) is 1. The lowest BCUT2D eigenvalue weighted by molar-refractivity contribution is -0.271. The lowest BCUT2D eigenvalue weighted by Gasteiger charge is -2.47. The van der Waals surface area contributed by atoms with Gasteiger partial charge in [-0.05, 0) is 58.8 Å². The highest BCUT2D eigenvalue weighted by Crippen LogP contribution is 2.53. The van der Waals surface area contributed by atoms with Gasteiger partial charge in [0.1, 0.15) is 0 Å². The van der Waals surface area contributed by atoms with Gasteiger partial charge in [0, 0.05) is 24.2 Å². The number of hydrogen-bond acceptors (Lipinski definition) is 6. The van der Waals surface area contributed by atoms with Gasteiger partial charge in [-0.2, -0.15) is 13.2 Å². The number of carbonyl (C=O) groups excluding carboxylic acids is 1. The first-order valence-corrected chi connectivity index (χ1v) is 23.0. The lowest BCUT2D eigenvalue weighted by atomic mass is 9.98. The van der Waals surface area contributed by atoms with E-state index < -0.39 is 82.5 Å². The Labute approximate surface area is 211 Å². The van der Waals surface area contributed by atoms with Gasteiger partial charge in [0.25, 0.3) is 12.1 Å². The fourth-order valence-electron chi connectivity index (χ4n) is 3.73. The predicted octanol–water partition coefficient (Wildman–Crippen LogP) is 5.96. The highest BCUT2D eigenvalue weighted by Gasteiger charge is 2.71. The van der Waals surface area contributed by atoms with Crippen molar-refractivity contribution in [3.8, 4) is 0 Å². The molecule has 0 rings (SSSR count). The Kier molecular flexibility index (Phi) is 11.9. The first-order chi connectivity index (χ1) is 15.8. The smallest absolute Gasteiger partial charge is 0.466 e. The van der Waals surface area contributed by atoms with Crippen molar-refractivity contribution in [2.75, 3.05) is 6.61 Å². The molecule has 212 valence electrons. The molecule has 0 aromatic rings. The third-order valence-corrected chi connectivity index (χ3v) is 18.4. The fraction of sp³-hybridized carbons (Fsp3) is 0.789. The van der Waals surface area contributed by atoms with Crippen LogP contribution in [0.5, 0.6) is 0 Å². The van der Waals surface area contributed by atoms with Gasteiger partial charge in [-0.3, -0.25) is 0 Å². The van der Waals surface area contributed by atoms with Crippen molar-refractivity contribution in [1.29, 1.82) is 0 Å². The number of carboxylic acids is 1. The fourth-order valence-corrected chi connectivity index (χ4v) is 20.8. The van der Waals surface area contributed by atoms with Crippen LogP contribution in [0.25, 0.3) is 0 Å². The first kappa shape index (κ1) is 35.0. The highest BCUT2D eigenvalue weighted by molar-refractivity contribution is 6.90. The van der Waals surface area contributed by atoms with Gasteiger partial charge in [-0.15, -0.1) is 0 Å². The van der Waals surface area contributed by atoms with E-state index in [2.05, 4.69) is 4.74 Å². The Morgan fingerprint density at radius 3 is 1.61 bits per heavy atom. The number of hydrogen-bond donors (Lipinski definition) is 1. The maximum atomic E-state index is 15.4. The molecule has 0 aliphatic heterocycles. The molecule has 0 aliphatic rings. The second-order valence-electron chi connectivity index (χ2n) is 10.7. The van der Waals surface area contributed by atoms with Crippen LogP contribution in [0.2, 0.25) is 64.5 Å². The molecule has 0 saturated carbocycles. The van der Waals surface area contributed by atoms with Gasteiger partial charge < -0.3 is 22.2 Å². The molecule has 0 aromatic carbocycles. The van der Waals surface area contributed by atoms with Crippen molar-refractivity contribution in [1.82, 2.24) is 0 Å². The average Bonchev–Trinajstić information content (AvgIpc) is 2.57. The molecule has 36 heavy (non-hydrogen) atoms. The van der Waals surface area contributed by atoms with Crippen LogP contribution in [0.15, 0.2) is 12.2 Å². The summed E-state index contributed by atoms with van der Waals surface area (Å²) in [6.45, 7) is 13.7. The molecule has 2 unspecified atom stereocenters. The molecule has 0 aromatic heterocycles. The summed E-state index contributed by atoms with van der Waals surface area (Å²) in [6.07, 6.45) is -10.5. The normalized spacial score (nSPS) is 16.8. The summed E-state index contributed by atoms with van der Waals surface area (Å²) in [6, 6.07) is 0. The van der Waals surface area contributed by atoms with E-state index in [1.807, 2.05) is 0 Å². The van der Waals surface area contributed by atoms with Crippen molar-refractivity contribution >= 4 is 45.7 Å². The van der Waals surface area contributed by atoms with E-state index >= 15 is 4.39 Å². The molecule has 0 radical (unpaired) electrons. The number of aliphatic carboxylic acids is 1. The Hall–Kier alpha value is -0.992. The van der Waals surface area contributed by atoms with Gasteiger partial charge in [0.2, 0.25) is 0 Å². The number of halogens is 6. The summed E-state index contributed by atoms with van der Waals surface area (Å²) in [5.41, 5.74) is -7.40. The third-order valence-electron chi connectivity index (χ3n) is 4.54. The number of alkyl halides is 6. The number of rotatable bonds is 14. The van der Waals surface area contributed by atoms with Crippen LogP contribution in [0.3, 0.4) is 0 Å². The minimum Gasteiger partial charge on any atom is -0.478 e. The van der Waals surface area contributed by atoms with E-state index in [9.17, 15) is 31.5 Å². The van der Waals surface area contributed by atoms with Gasteiger partial charge in [0.15, 0.2) is 25.0 Å². The maximum Gasteiger partial charge on any atom is 0.466 e. The first-order valence-electron chi connectivity index (χ1n) is 11.0. The van der Waals surface area contributed by atoms with Crippen molar-refractivity contribution in [3.63, 3.8) is 0 Å². The lowest BCUT2D eigenvalue weighted by Crippen LogP contribution is -2.64. The Bertz CT molecular complexity index is 781. The van der Waals surface area contributed by atoms with Gasteiger partial charge in [-0.25, -0.2) is 22.8 Å². The molecular formula is C19H36F6O7Si4. The van der Waals surface area contributed by atoms with Crippen LogP contribution in [-0.4, -0.2) is 75.7 Å². The van der Waals surface area contributed by atoms with Gasteiger partial charge in [-0.1, -0.05) is 0 Å². The predicted molar refractivity (Wildman–Crippen MR) is 131 cm³/mol. The molecule has 0 heterocycles. The molecule has 0 amide bonds. The Balaban J connectivity index is 6.42. The van der Waals surface area contributed by atoms with Crippen LogP contribution in [0.1, 0.15) is 6.42 Å². The topological polar surface area (TPSA) is 91.3 Å². The standard InChI is InChI=1S/C19H36F6O7Si4/c1-33(2,3)30-36(9,31-34(4,5)6)32-35(7,8)14(18(22,17(20)21)19(23,24)25)12-13-29-16(28)11-10-15(26)27/h10-11,14,17H,12-13H2,1-9H3,(H,26,27). The molecular weight excluding hydrogens is 567 g/mol. The van der Waals surface area contributed by atoms with E-state index in [-0.39, 0.29) is 0 Å². The summed E-state index contributed by atoms with van der Waals surface area (Å²) < 4.78 is 107. The molecule has 0 saturated heterocycles. The van der Waals surface area contributed by atoms with Gasteiger partial charge in [0.05, 0.1) is 6.61 Å².